The monoisotopic (exact) mass is 463 g/mol. The van der Waals surface area contributed by atoms with Crippen LogP contribution in [-0.2, 0) is 16.2 Å². The van der Waals surface area contributed by atoms with E-state index in [0.717, 1.165) is 16.3 Å². The zero-order chi connectivity index (χ0) is 23.4. The van der Waals surface area contributed by atoms with Gasteiger partial charge in [0.05, 0.1) is 11.5 Å². The van der Waals surface area contributed by atoms with Crippen molar-refractivity contribution < 1.29 is 29.0 Å². The number of carboxylic acids is 1. The first-order valence-corrected chi connectivity index (χ1v) is 11.1. The van der Waals surface area contributed by atoms with Crippen LogP contribution in [0, 0.1) is 0 Å². The molecule has 1 saturated heterocycles. The molecule has 8 heteroatoms. The molecule has 0 atom stereocenters. The van der Waals surface area contributed by atoms with E-state index in [2.05, 4.69) is 24.3 Å². The number of carbonyl (C=O) groups is 3. The summed E-state index contributed by atoms with van der Waals surface area (Å²) in [7, 11) is 0. The van der Waals surface area contributed by atoms with E-state index in [-0.39, 0.29) is 4.91 Å². The lowest BCUT2D eigenvalue weighted by Gasteiger charge is -2.13. The molecule has 0 aliphatic carbocycles. The Labute approximate surface area is 194 Å². The van der Waals surface area contributed by atoms with Crippen LogP contribution in [-0.4, -0.2) is 40.3 Å². The molecule has 33 heavy (non-hydrogen) atoms. The zero-order valence-corrected chi connectivity index (χ0v) is 18.6. The van der Waals surface area contributed by atoms with E-state index in [1.54, 1.807) is 24.3 Å². The molecular formula is C25H21NO6S. The van der Waals surface area contributed by atoms with Gasteiger partial charge in [0.1, 0.15) is 13.2 Å². The van der Waals surface area contributed by atoms with Gasteiger partial charge in [-0.05, 0) is 64.9 Å². The topological polar surface area (TPSA) is 93.1 Å². The van der Waals surface area contributed by atoms with Crippen LogP contribution in [0.5, 0.6) is 11.5 Å². The molecule has 0 saturated carbocycles. The first-order valence-electron chi connectivity index (χ1n) is 10.3. The lowest BCUT2D eigenvalue weighted by atomic mass is 10.1. The number of rotatable bonds is 8. The Morgan fingerprint density at radius 3 is 2.55 bits per heavy atom. The Morgan fingerprint density at radius 2 is 1.79 bits per heavy atom. The van der Waals surface area contributed by atoms with Crippen LogP contribution in [0.1, 0.15) is 18.1 Å². The summed E-state index contributed by atoms with van der Waals surface area (Å²) in [6, 6.07) is 19.5. The van der Waals surface area contributed by atoms with Crippen LogP contribution in [0.4, 0.5) is 4.79 Å². The number of thioether (sulfide) groups is 1. The third-order valence-corrected chi connectivity index (χ3v) is 5.85. The van der Waals surface area contributed by atoms with Crippen molar-refractivity contribution in [3.05, 3.63) is 76.7 Å². The third kappa shape index (κ3) is 5.18. The fourth-order valence-corrected chi connectivity index (χ4v) is 4.25. The van der Waals surface area contributed by atoms with Gasteiger partial charge in [-0.15, -0.1) is 0 Å². The molecule has 1 aliphatic heterocycles. The maximum atomic E-state index is 12.4. The number of aliphatic carboxylic acids is 1. The fourth-order valence-electron chi connectivity index (χ4n) is 3.41. The predicted octanol–water partition coefficient (Wildman–Crippen LogP) is 4.94. The van der Waals surface area contributed by atoms with Crippen molar-refractivity contribution in [2.75, 3.05) is 13.2 Å². The second-order valence-electron chi connectivity index (χ2n) is 7.27. The number of ether oxygens (including phenoxy) is 2. The summed E-state index contributed by atoms with van der Waals surface area (Å²) in [6.45, 7) is 1.98. The van der Waals surface area contributed by atoms with Crippen molar-refractivity contribution in [3.8, 4) is 11.5 Å². The molecule has 4 rings (SSSR count). The van der Waals surface area contributed by atoms with Crippen molar-refractivity contribution in [2.45, 2.75) is 13.5 Å². The Hall–Kier alpha value is -3.78. The number of imide groups is 1. The number of hydrogen-bond donors (Lipinski definition) is 1. The molecule has 3 aromatic rings. The van der Waals surface area contributed by atoms with Gasteiger partial charge in [-0.2, -0.15) is 0 Å². The average molecular weight is 464 g/mol. The summed E-state index contributed by atoms with van der Waals surface area (Å²) in [5, 5.41) is 10.6. The molecule has 7 nitrogen and oxygen atoms in total. The van der Waals surface area contributed by atoms with E-state index >= 15 is 0 Å². The Balaban J connectivity index is 1.52. The van der Waals surface area contributed by atoms with Crippen LogP contribution in [0.15, 0.2) is 65.6 Å². The van der Waals surface area contributed by atoms with Crippen LogP contribution >= 0.6 is 11.8 Å². The van der Waals surface area contributed by atoms with Gasteiger partial charge in [-0.1, -0.05) is 42.5 Å². The minimum Gasteiger partial charge on any atom is -0.490 e. The van der Waals surface area contributed by atoms with Gasteiger partial charge in [0, 0.05) is 0 Å². The van der Waals surface area contributed by atoms with Gasteiger partial charge < -0.3 is 14.6 Å². The van der Waals surface area contributed by atoms with Crippen LogP contribution in [0.2, 0.25) is 0 Å². The Kier molecular flexibility index (Phi) is 6.65. The molecule has 1 fully saturated rings. The molecule has 0 unspecified atom stereocenters. The maximum Gasteiger partial charge on any atom is 0.323 e. The summed E-state index contributed by atoms with van der Waals surface area (Å²) in [6.07, 6.45) is 1.54. The number of carbonyl (C=O) groups excluding carboxylic acids is 2. The van der Waals surface area contributed by atoms with Crippen molar-refractivity contribution in [3.63, 3.8) is 0 Å². The van der Waals surface area contributed by atoms with Gasteiger partial charge in [0.2, 0.25) is 0 Å². The van der Waals surface area contributed by atoms with Crippen LogP contribution in [0.25, 0.3) is 16.8 Å². The second-order valence-corrected chi connectivity index (χ2v) is 8.26. The normalized spacial score (nSPS) is 14.8. The molecule has 0 aromatic heterocycles. The molecule has 0 bridgehead atoms. The first-order chi connectivity index (χ1) is 15.9. The quantitative estimate of drug-likeness (QED) is 0.473. The van der Waals surface area contributed by atoms with E-state index in [1.807, 2.05) is 25.1 Å². The minimum absolute atomic E-state index is 0.161. The highest BCUT2D eigenvalue weighted by molar-refractivity contribution is 8.18. The van der Waals surface area contributed by atoms with E-state index in [9.17, 15) is 14.4 Å². The standard InChI is InChI=1S/C25H21NO6S/c1-2-31-21-12-16(13-22-24(29)26(14-23(27)28)25(30)33-22)8-10-20(21)32-15-17-7-9-18-5-3-4-6-19(18)11-17/h3-13H,2,14-15H2,1H3,(H,27,28)/b22-13+. The van der Waals surface area contributed by atoms with Crippen molar-refractivity contribution in [1.29, 1.82) is 0 Å². The lowest BCUT2D eigenvalue weighted by molar-refractivity contribution is -0.140. The Morgan fingerprint density at radius 1 is 1.00 bits per heavy atom. The number of benzene rings is 3. The molecule has 0 spiro atoms. The number of hydrogen-bond acceptors (Lipinski definition) is 6. The maximum absolute atomic E-state index is 12.4. The summed E-state index contributed by atoms with van der Waals surface area (Å²) in [5.41, 5.74) is 1.66. The smallest absolute Gasteiger partial charge is 0.323 e. The number of amides is 2. The highest BCUT2D eigenvalue weighted by Crippen LogP contribution is 2.35. The lowest BCUT2D eigenvalue weighted by Crippen LogP contribution is -2.33. The van der Waals surface area contributed by atoms with E-state index in [0.29, 0.717) is 46.9 Å². The minimum atomic E-state index is -1.25. The highest BCUT2D eigenvalue weighted by atomic mass is 32.2. The number of nitrogens with zero attached hydrogens (tertiary/aromatic N) is 1. The largest absolute Gasteiger partial charge is 0.490 e. The fraction of sp³-hybridized carbons (Fsp3) is 0.160. The van der Waals surface area contributed by atoms with E-state index in [4.69, 9.17) is 14.6 Å². The average Bonchev–Trinajstić information content (AvgIpc) is 3.05. The van der Waals surface area contributed by atoms with Gasteiger partial charge >= 0.3 is 5.97 Å². The Bertz CT molecular complexity index is 1270. The SMILES string of the molecule is CCOc1cc(/C=C2/SC(=O)N(CC(=O)O)C2=O)ccc1OCc1ccc2ccccc2c1. The van der Waals surface area contributed by atoms with Crippen LogP contribution < -0.4 is 9.47 Å². The summed E-state index contributed by atoms with van der Waals surface area (Å²) < 4.78 is 11.7. The van der Waals surface area contributed by atoms with Crippen molar-refractivity contribution >= 4 is 45.7 Å². The first kappa shape index (κ1) is 22.4. The predicted molar refractivity (Wildman–Crippen MR) is 126 cm³/mol. The number of fused-ring (bicyclic) bond motifs is 1. The van der Waals surface area contributed by atoms with Crippen LogP contribution in [0.3, 0.4) is 0 Å². The molecule has 2 amide bonds. The van der Waals surface area contributed by atoms with Gasteiger partial charge in [0.25, 0.3) is 11.1 Å². The molecule has 3 aromatic carbocycles. The van der Waals surface area contributed by atoms with Crippen molar-refractivity contribution in [1.82, 2.24) is 4.90 Å². The summed E-state index contributed by atoms with van der Waals surface area (Å²) in [4.78, 5) is 36.1. The van der Waals surface area contributed by atoms with E-state index < -0.39 is 23.7 Å². The van der Waals surface area contributed by atoms with Gasteiger partial charge in [-0.3, -0.25) is 19.3 Å². The molecule has 1 N–H and O–H groups in total. The van der Waals surface area contributed by atoms with Gasteiger partial charge in [0.15, 0.2) is 11.5 Å². The molecule has 0 radical (unpaired) electrons. The summed E-state index contributed by atoms with van der Waals surface area (Å²) >= 11 is 0.714. The summed E-state index contributed by atoms with van der Waals surface area (Å²) in [5.74, 6) is -0.801. The van der Waals surface area contributed by atoms with Gasteiger partial charge in [-0.25, -0.2) is 0 Å². The van der Waals surface area contributed by atoms with E-state index in [1.165, 1.54) is 0 Å². The molecule has 1 heterocycles. The molecular weight excluding hydrogens is 442 g/mol. The van der Waals surface area contributed by atoms with Crippen molar-refractivity contribution in [2.24, 2.45) is 0 Å². The molecule has 1 aliphatic rings. The zero-order valence-electron chi connectivity index (χ0n) is 17.8. The molecule has 168 valence electrons. The third-order valence-electron chi connectivity index (χ3n) is 4.94. The second kappa shape index (κ2) is 9.79. The number of carboxylic acid groups (broad SMARTS) is 1. The highest BCUT2D eigenvalue weighted by Gasteiger charge is 2.36.